The molecule has 0 spiro atoms. The number of nitrogens with two attached hydrogens (primary N) is 1. The van der Waals surface area contributed by atoms with E-state index in [2.05, 4.69) is 27.4 Å². The summed E-state index contributed by atoms with van der Waals surface area (Å²) in [6.45, 7) is 2.99. The largest absolute Gasteiger partial charge is 0.336 e. The Labute approximate surface area is 106 Å². The van der Waals surface area contributed by atoms with E-state index in [0.29, 0.717) is 6.42 Å². The second-order valence-electron chi connectivity index (χ2n) is 4.25. The SMILES string of the molecule is CCCn1ncnc1CC(NN)c1cncn1C. The number of aromatic nitrogens is 5. The van der Waals surface area contributed by atoms with E-state index < -0.39 is 0 Å². The van der Waals surface area contributed by atoms with Crippen molar-refractivity contribution in [3.05, 3.63) is 30.4 Å². The van der Waals surface area contributed by atoms with Crippen LogP contribution < -0.4 is 11.3 Å². The molecule has 3 N–H and O–H groups in total. The maximum absolute atomic E-state index is 5.62. The summed E-state index contributed by atoms with van der Waals surface area (Å²) in [5.41, 5.74) is 3.84. The van der Waals surface area contributed by atoms with Gasteiger partial charge in [-0.2, -0.15) is 5.10 Å². The molecule has 1 unspecified atom stereocenters. The smallest absolute Gasteiger partial charge is 0.138 e. The zero-order chi connectivity index (χ0) is 13.0. The van der Waals surface area contributed by atoms with Gasteiger partial charge in [-0.1, -0.05) is 6.92 Å². The molecule has 7 nitrogen and oxygen atoms in total. The highest BCUT2D eigenvalue weighted by atomic mass is 15.3. The van der Waals surface area contributed by atoms with Gasteiger partial charge < -0.3 is 4.57 Å². The molecule has 0 aliphatic rings. The second kappa shape index (κ2) is 5.74. The molecule has 0 saturated carbocycles. The topological polar surface area (TPSA) is 86.6 Å². The van der Waals surface area contributed by atoms with Gasteiger partial charge in [0.1, 0.15) is 12.2 Å². The molecule has 0 saturated heterocycles. The Morgan fingerprint density at radius 1 is 1.50 bits per heavy atom. The third-order valence-corrected chi connectivity index (χ3v) is 2.93. The van der Waals surface area contributed by atoms with Gasteiger partial charge in [-0.05, 0) is 6.42 Å². The molecular formula is C11H19N7. The van der Waals surface area contributed by atoms with Crippen LogP contribution in [0.4, 0.5) is 0 Å². The van der Waals surface area contributed by atoms with Crippen molar-refractivity contribution >= 4 is 0 Å². The minimum absolute atomic E-state index is 0.0164. The van der Waals surface area contributed by atoms with Gasteiger partial charge >= 0.3 is 0 Å². The zero-order valence-corrected chi connectivity index (χ0v) is 10.7. The summed E-state index contributed by atoms with van der Waals surface area (Å²) in [5, 5.41) is 4.21. The van der Waals surface area contributed by atoms with Gasteiger partial charge in [-0.15, -0.1) is 0 Å². The number of aryl methyl sites for hydroxylation is 2. The second-order valence-corrected chi connectivity index (χ2v) is 4.25. The molecule has 0 fully saturated rings. The van der Waals surface area contributed by atoms with E-state index in [-0.39, 0.29) is 6.04 Å². The molecule has 2 aromatic rings. The van der Waals surface area contributed by atoms with E-state index in [0.717, 1.165) is 24.5 Å². The molecule has 0 amide bonds. The lowest BCUT2D eigenvalue weighted by Crippen LogP contribution is -2.31. The van der Waals surface area contributed by atoms with Crippen LogP contribution in [-0.4, -0.2) is 24.3 Å². The normalized spacial score (nSPS) is 12.8. The minimum atomic E-state index is -0.0164. The van der Waals surface area contributed by atoms with Crippen LogP contribution >= 0.6 is 0 Å². The molecule has 0 radical (unpaired) electrons. The molecule has 2 rings (SSSR count). The van der Waals surface area contributed by atoms with Crippen molar-refractivity contribution in [2.45, 2.75) is 32.4 Å². The summed E-state index contributed by atoms with van der Waals surface area (Å²) in [5.74, 6) is 6.56. The van der Waals surface area contributed by atoms with Crippen LogP contribution in [-0.2, 0) is 20.0 Å². The number of rotatable bonds is 6. The summed E-state index contributed by atoms with van der Waals surface area (Å²) in [6, 6.07) is -0.0164. The standard InChI is InChI=1S/C11H19N7/c1-3-4-18-11(14-7-15-18)5-9(16-12)10-6-13-8-17(10)2/h6-9,16H,3-5,12H2,1-2H3. The molecular weight excluding hydrogens is 230 g/mol. The van der Waals surface area contributed by atoms with Gasteiger partial charge in [0.05, 0.1) is 18.1 Å². The lowest BCUT2D eigenvalue weighted by molar-refractivity contribution is 0.482. The fraction of sp³-hybridized carbons (Fsp3) is 0.545. The van der Waals surface area contributed by atoms with Gasteiger partial charge in [0.15, 0.2) is 0 Å². The number of imidazole rings is 1. The molecule has 1 atom stereocenters. The Morgan fingerprint density at radius 2 is 2.33 bits per heavy atom. The third kappa shape index (κ3) is 2.57. The quantitative estimate of drug-likeness (QED) is 0.563. The van der Waals surface area contributed by atoms with Crippen molar-refractivity contribution in [2.75, 3.05) is 0 Å². The average molecular weight is 249 g/mol. The van der Waals surface area contributed by atoms with Crippen LogP contribution in [0.25, 0.3) is 0 Å². The Morgan fingerprint density at radius 3 is 2.94 bits per heavy atom. The van der Waals surface area contributed by atoms with Crippen LogP contribution in [0.15, 0.2) is 18.9 Å². The van der Waals surface area contributed by atoms with E-state index in [4.69, 9.17) is 5.84 Å². The lowest BCUT2D eigenvalue weighted by Gasteiger charge is -2.16. The first-order valence-electron chi connectivity index (χ1n) is 6.05. The van der Waals surface area contributed by atoms with Gasteiger partial charge in [-0.25, -0.2) is 9.97 Å². The van der Waals surface area contributed by atoms with Crippen LogP contribution in [0.3, 0.4) is 0 Å². The van der Waals surface area contributed by atoms with Crippen LogP contribution in [0.1, 0.15) is 30.9 Å². The first-order valence-corrected chi connectivity index (χ1v) is 6.05. The highest BCUT2D eigenvalue weighted by Gasteiger charge is 2.17. The Kier molecular flexibility index (Phi) is 4.06. The summed E-state index contributed by atoms with van der Waals surface area (Å²) in [6.07, 6.45) is 6.88. The lowest BCUT2D eigenvalue weighted by atomic mass is 10.1. The van der Waals surface area contributed by atoms with E-state index >= 15 is 0 Å². The van der Waals surface area contributed by atoms with Crippen molar-refractivity contribution < 1.29 is 0 Å². The molecule has 7 heteroatoms. The summed E-state index contributed by atoms with van der Waals surface area (Å²) < 4.78 is 3.87. The van der Waals surface area contributed by atoms with E-state index in [9.17, 15) is 0 Å². The van der Waals surface area contributed by atoms with Crippen molar-refractivity contribution in [2.24, 2.45) is 12.9 Å². The number of hydrogen-bond donors (Lipinski definition) is 2. The molecule has 0 aliphatic heterocycles. The zero-order valence-electron chi connectivity index (χ0n) is 10.7. The first kappa shape index (κ1) is 12.7. The minimum Gasteiger partial charge on any atom is -0.336 e. The molecule has 0 aromatic carbocycles. The fourth-order valence-electron chi connectivity index (χ4n) is 1.98. The summed E-state index contributed by atoms with van der Waals surface area (Å²) in [7, 11) is 1.95. The molecule has 0 aliphatic carbocycles. The maximum Gasteiger partial charge on any atom is 0.138 e. The van der Waals surface area contributed by atoms with Crippen molar-refractivity contribution in [1.82, 2.24) is 29.7 Å². The third-order valence-electron chi connectivity index (χ3n) is 2.93. The first-order chi connectivity index (χ1) is 8.76. The highest BCUT2D eigenvalue weighted by Crippen LogP contribution is 2.15. The average Bonchev–Trinajstić information content (AvgIpc) is 2.96. The van der Waals surface area contributed by atoms with Gasteiger partial charge in [0.25, 0.3) is 0 Å². The number of hydrazine groups is 1. The Bertz CT molecular complexity index is 487. The van der Waals surface area contributed by atoms with Crippen LogP contribution in [0, 0.1) is 0 Å². The predicted molar refractivity (Wildman–Crippen MR) is 67.3 cm³/mol. The van der Waals surface area contributed by atoms with Crippen LogP contribution in [0.2, 0.25) is 0 Å². The van der Waals surface area contributed by atoms with Crippen LogP contribution in [0.5, 0.6) is 0 Å². The molecule has 98 valence electrons. The monoisotopic (exact) mass is 249 g/mol. The molecule has 18 heavy (non-hydrogen) atoms. The van der Waals surface area contributed by atoms with Crippen molar-refractivity contribution in [3.63, 3.8) is 0 Å². The van der Waals surface area contributed by atoms with Crippen molar-refractivity contribution in [1.29, 1.82) is 0 Å². The van der Waals surface area contributed by atoms with Gasteiger partial charge in [-0.3, -0.25) is 16.0 Å². The van der Waals surface area contributed by atoms with E-state index in [1.807, 2.05) is 22.5 Å². The van der Waals surface area contributed by atoms with Gasteiger partial charge in [0, 0.05) is 26.2 Å². The van der Waals surface area contributed by atoms with E-state index in [1.54, 1.807) is 12.7 Å². The predicted octanol–water partition coefficient (Wildman–Crippen LogP) is 0.169. The van der Waals surface area contributed by atoms with Gasteiger partial charge in [0.2, 0.25) is 0 Å². The molecule has 2 heterocycles. The Balaban J connectivity index is 2.15. The number of nitrogens with zero attached hydrogens (tertiary/aromatic N) is 5. The highest BCUT2D eigenvalue weighted by molar-refractivity contribution is 5.07. The van der Waals surface area contributed by atoms with E-state index in [1.165, 1.54) is 0 Å². The number of hydrogen-bond acceptors (Lipinski definition) is 5. The number of nitrogens with one attached hydrogen (secondary N) is 1. The van der Waals surface area contributed by atoms with Crippen molar-refractivity contribution in [3.8, 4) is 0 Å². The molecule has 2 aromatic heterocycles. The summed E-state index contributed by atoms with van der Waals surface area (Å²) >= 11 is 0. The maximum atomic E-state index is 5.62. The Hall–Kier alpha value is -1.73. The summed E-state index contributed by atoms with van der Waals surface area (Å²) in [4.78, 5) is 8.39. The fourth-order valence-corrected chi connectivity index (χ4v) is 1.98. The molecule has 0 bridgehead atoms.